The summed E-state index contributed by atoms with van der Waals surface area (Å²) in [6.07, 6.45) is -5.58. The number of alkyl halides is 3. The van der Waals surface area contributed by atoms with Crippen molar-refractivity contribution in [2.75, 3.05) is 14.1 Å². The lowest BCUT2D eigenvalue weighted by molar-refractivity contribution is -0.138. The minimum Gasteiger partial charge on any atom is -0.508 e. The number of ether oxygens (including phenoxy) is 2. The molecule has 13 heteroatoms. The lowest BCUT2D eigenvalue weighted by atomic mass is 9.58. The van der Waals surface area contributed by atoms with Crippen molar-refractivity contribution in [3.05, 3.63) is 123 Å². The zero-order valence-electron chi connectivity index (χ0n) is 26.9. The Bertz CT molecular complexity index is 2040. The molecule has 0 radical (unpaired) electrons. The molecule has 4 aromatic rings. The standard InChI is InChI=1S/C37H31F3N2O8/c1-42(2)30-24-14-21-13-23-27(25(48-17-19-9-5-3-6-10-19)15-22(16-43)29(23)37(38,39)40)31(44)26(21)33(45)36(24,47)34(46)28-32(30)50-41-35(28)49-18-20-11-7-4-8-12-20/h3-12,15-16,21,24,30,45,47H,13-14,17-18H2,1-2H3/t21-,24-,30-,36-/m0/s1. The molecule has 0 saturated heterocycles. The number of halogens is 3. The lowest BCUT2D eigenvalue weighted by Crippen LogP contribution is -2.59. The summed E-state index contributed by atoms with van der Waals surface area (Å²) in [4.78, 5) is 42.4. The predicted molar refractivity (Wildman–Crippen MR) is 170 cm³/mol. The van der Waals surface area contributed by atoms with Gasteiger partial charge < -0.3 is 24.2 Å². The number of aromatic nitrogens is 1. The van der Waals surface area contributed by atoms with Crippen molar-refractivity contribution in [1.82, 2.24) is 10.1 Å². The number of aldehydes is 1. The van der Waals surface area contributed by atoms with Gasteiger partial charge in [0.1, 0.15) is 30.3 Å². The molecule has 258 valence electrons. The van der Waals surface area contributed by atoms with E-state index in [0.29, 0.717) is 5.56 Å². The van der Waals surface area contributed by atoms with Gasteiger partial charge in [-0.2, -0.15) is 13.2 Å². The summed E-state index contributed by atoms with van der Waals surface area (Å²) in [6.45, 7) is -0.141. The van der Waals surface area contributed by atoms with E-state index in [-0.39, 0.29) is 48.9 Å². The van der Waals surface area contributed by atoms with Gasteiger partial charge in [-0.1, -0.05) is 60.7 Å². The Morgan fingerprint density at radius 3 is 2.20 bits per heavy atom. The maximum Gasteiger partial charge on any atom is 0.417 e. The molecular weight excluding hydrogens is 657 g/mol. The van der Waals surface area contributed by atoms with Gasteiger partial charge in [0.15, 0.2) is 23.4 Å². The van der Waals surface area contributed by atoms with Crippen LogP contribution in [0.25, 0.3) is 0 Å². The van der Waals surface area contributed by atoms with Gasteiger partial charge in [-0.15, -0.1) is 0 Å². The molecule has 2 N–H and O–H groups in total. The van der Waals surface area contributed by atoms with E-state index in [4.69, 9.17) is 14.0 Å². The van der Waals surface area contributed by atoms with Gasteiger partial charge in [0, 0.05) is 17.1 Å². The van der Waals surface area contributed by atoms with Crippen molar-refractivity contribution in [3.63, 3.8) is 0 Å². The van der Waals surface area contributed by atoms with Crippen LogP contribution in [0.4, 0.5) is 13.2 Å². The van der Waals surface area contributed by atoms with Crippen LogP contribution in [0.15, 0.2) is 82.6 Å². The van der Waals surface area contributed by atoms with Crippen LogP contribution in [0.1, 0.15) is 71.6 Å². The molecule has 0 fully saturated rings. The van der Waals surface area contributed by atoms with Crippen LogP contribution in [0.3, 0.4) is 0 Å². The van der Waals surface area contributed by atoms with Gasteiger partial charge in [0.25, 0.3) is 5.88 Å². The molecule has 0 aliphatic heterocycles. The number of rotatable bonds is 8. The van der Waals surface area contributed by atoms with E-state index < -0.39 is 81.2 Å². The second-order valence-electron chi connectivity index (χ2n) is 12.9. The van der Waals surface area contributed by atoms with Crippen LogP contribution in [0, 0.1) is 11.8 Å². The summed E-state index contributed by atoms with van der Waals surface area (Å²) in [5, 5.41) is 28.1. The summed E-state index contributed by atoms with van der Waals surface area (Å²) in [6, 6.07) is 17.6. The van der Waals surface area contributed by atoms with Gasteiger partial charge in [-0.3, -0.25) is 19.3 Å². The van der Waals surface area contributed by atoms with Crippen LogP contribution in [-0.2, 0) is 25.8 Å². The van der Waals surface area contributed by atoms with Crippen LogP contribution < -0.4 is 9.47 Å². The number of fused-ring (bicyclic) bond motifs is 4. The zero-order valence-corrected chi connectivity index (χ0v) is 26.9. The van der Waals surface area contributed by atoms with Gasteiger partial charge in [0.2, 0.25) is 5.78 Å². The summed E-state index contributed by atoms with van der Waals surface area (Å²) in [5.41, 5.74) is -4.83. The number of benzene rings is 3. The molecule has 0 spiro atoms. The van der Waals surface area contributed by atoms with E-state index in [2.05, 4.69) is 5.16 Å². The van der Waals surface area contributed by atoms with Crippen molar-refractivity contribution in [1.29, 1.82) is 0 Å². The van der Waals surface area contributed by atoms with E-state index in [1.165, 1.54) is 0 Å². The summed E-state index contributed by atoms with van der Waals surface area (Å²) >= 11 is 0. The number of Topliss-reactive ketones (excluding diaryl/α,β-unsaturated/α-hetero) is 2. The first-order chi connectivity index (χ1) is 23.9. The number of carbonyl (C=O) groups is 3. The molecule has 1 heterocycles. The Kier molecular flexibility index (Phi) is 8.14. The third kappa shape index (κ3) is 5.19. The molecule has 0 bridgehead atoms. The van der Waals surface area contributed by atoms with Gasteiger partial charge >= 0.3 is 6.18 Å². The average molecular weight is 689 g/mol. The normalized spacial score (nSPS) is 22.8. The molecular formula is C37H31F3N2O8. The van der Waals surface area contributed by atoms with Crippen LogP contribution in [-0.4, -0.2) is 57.8 Å². The van der Waals surface area contributed by atoms with E-state index in [9.17, 15) is 37.8 Å². The third-order valence-corrected chi connectivity index (χ3v) is 9.78. The zero-order chi connectivity index (χ0) is 35.5. The summed E-state index contributed by atoms with van der Waals surface area (Å²) < 4.78 is 61.2. The first-order valence-electron chi connectivity index (χ1n) is 15.8. The molecule has 1 aromatic heterocycles. The summed E-state index contributed by atoms with van der Waals surface area (Å²) in [5.74, 6) is -5.74. The number of hydrogen-bond acceptors (Lipinski definition) is 10. The highest BCUT2D eigenvalue weighted by Crippen LogP contribution is 2.57. The first kappa shape index (κ1) is 33.2. The maximum atomic E-state index is 14.6. The number of hydrogen-bond donors (Lipinski definition) is 2. The van der Waals surface area contributed by atoms with Crippen molar-refractivity contribution >= 4 is 17.9 Å². The molecule has 4 atom stereocenters. The van der Waals surface area contributed by atoms with E-state index in [1.54, 1.807) is 73.6 Å². The monoisotopic (exact) mass is 688 g/mol. The minimum atomic E-state index is -5.02. The molecule has 10 nitrogen and oxygen atoms in total. The Balaban J connectivity index is 1.36. The fourth-order valence-corrected chi connectivity index (χ4v) is 7.62. The maximum absolute atomic E-state index is 14.6. The SMILES string of the molecule is CN(C)[C@@H]1c2onc(OCc3ccccc3)c2C(=O)[C@@]2(O)C(O)=C3C(=O)c4c(OCc5ccccc5)cc(C=O)c(C(F)(F)F)c4C[C@H]3C[C@@H]12. The molecule has 3 aliphatic rings. The summed E-state index contributed by atoms with van der Waals surface area (Å²) in [7, 11) is 3.29. The second kappa shape index (κ2) is 12.3. The molecule has 50 heavy (non-hydrogen) atoms. The molecule has 3 aromatic carbocycles. The largest absolute Gasteiger partial charge is 0.508 e. The smallest absolute Gasteiger partial charge is 0.417 e. The Hall–Kier alpha value is -5.27. The van der Waals surface area contributed by atoms with Gasteiger partial charge in [-0.05, 0) is 60.8 Å². The first-order valence-corrected chi connectivity index (χ1v) is 15.8. The highest BCUT2D eigenvalue weighted by Gasteiger charge is 2.64. The topological polar surface area (TPSA) is 139 Å². The fraction of sp³-hybridized carbons (Fsp3) is 0.297. The van der Waals surface area contributed by atoms with Crippen LogP contribution in [0.2, 0.25) is 0 Å². The van der Waals surface area contributed by atoms with Crippen LogP contribution >= 0.6 is 0 Å². The molecule has 7 rings (SSSR count). The van der Waals surface area contributed by atoms with E-state index in [1.807, 2.05) is 6.07 Å². The number of ketones is 2. The van der Waals surface area contributed by atoms with E-state index >= 15 is 0 Å². The second-order valence-corrected chi connectivity index (χ2v) is 12.9. The number of aliphatic hydroxyl groups excluding tert-OH is 1. The number of aliphatic hydroxyl groups is 2. The third-order valence-electron chi connectivity index (χ3n) is 9.78. The fourth-order valence-electron chi connectivity index (χ4n) is 7.62. The highest BCUT2D eigenvalue weighted by atomic mass is 19.4. The molecule has 3 aliphatic carbocycles. The Morgan fingerprint density at radius 1 is 1.00 bits per heavy atom. The molecule has 0 saturated carbocycles. The molecule has 0 unspecified atom stereocenters. The predicted octanol–water partition coefficient (Wildman–Crippen LogP) is 6.08. The minimum absolute atomic E-state index is 0.00205. The highest BCUT2D eigenvalue weighted by molar-refractivity contribution is 6.16. The Labute approximate surface area is 283 Å². The Morgan fingerprint density at radius 2 is 1.62 bits per heavy atom. The van der Waals surface area contributed by atoms with Crippen LogP contribution in [0.5, 0.6) is 11.6 Å². The van der Waals surface area contributed by atoms with Crippen molar-refractivity contribution in [2.45, 2.75) is 43.9 Å². The molecule has 0 amide bonds. The van der Waals surface area contributed by atoms with Crippen molar-refractivity contribution in [2.24, 2.45) is 11.8 Å². The van der Waals surface area contributed by atoms with Crippen molar-refractivity contribution < 1.29 is 51.8 Å². The average Bonchev–Trinajstić information content (AvgIpc) is 3.51. The van der Waals surface area contributed by atoms with Gasteiger partial charge in [-0.25, -0.2) is 0 Å². The number of carbonyl (C=O) groups excluding carboxylic acids is 3. The van der Waals surface area contributed by atoms with E-state index in [0.717, 1.165) is 11.6 Å². The number of nitrogens with zero attached hydrogens (tertiary/aromatic N) is 2. The van der Waals surface area contributed by atoms with Crippen molar-refractivity contribution in [3.8, 4) is 11.6 Å². The lowest BCUT2D eigenvalue weighted by Gasteiger charge is -2.49. The number of allylic oxidation sites excluding steroid dienone is 1. The van der Waals surface area contributed by atoms with Gasteiger partial charge in [0.05, 0.1) is 17.2 Å². The quantitative estimate of drug-likeness (QED) is 0.209.